The lowest BCUT2D eigenvalue weighted by molar-refractivity contribution is -0.187. The van der Waals surface area contributed by atoms with Gasteiger partial charge >= 0.3 is 6.18 Å². The Bertz CT molecular complexity index is 847. The number of halogens is 5. The van der Waals surface area contributed by atoms with E-state index in [1.807, 2.05) is 6.92 Å². The van der Waals surface area contributed by atoms with Crippen LogP contribution in [0.15, 0.2) is 23.2 Å². The van der Waals surface area contributed by atoms with Gasteiger partial charge in [0.15, 0.2) is 0 Å². The first-order valence-corrected chi connectivity index (χ1v) is 10.6. The topological polar surface area (TPSA) is 74.1 Å². The molecule has 3 rings (SSSR count). The van der Waals surface area contributed by atoms with Crippen molar-refractivity contribution in [2.24, 2.45) is 4.99 Å². The number of nitrogens with zero attached hydrogens (tertiary/aromatic N) is 4. The highest BCUT2D eigenvalue weighted by Gasteiger charge is 2.44. The summed E-state index contributed by atoms with van der Waals surface area (Å²) in [6, 6.07) is 1.21. The standard InChI is InChI=1S/C20H26ClF4N6O/c1-11-6-16(31(3)29-11)18(32)28-19(27-15-8-12(21)7-13(22)9-15)26-14-4-5-17(20(23,24)25)30(2)10-14/h7-9,11,14,16-17H,4-6,10H2,1-3H3,(H2,26,27,28,32)/q-1. The molecule has 1 aromatic rings. The maximum absolute atomic E-state index is 13.8. The van der Waals surface area contributed by atoms with Crippen molar-refractivity contribution < 1.29 is 22.4 Å². The first kappa shape index (κ1) is 24.7. The Morgan fingerprint density at radius 2 is 1.97 bits per heavy atom. The second-order valence-electron chi connectivity index (χ2n) is 8.27. The smallest absolute Gasteiger partial charge is 0.404 e. The van der Waals surface area contributed by atoms with Crippen molar-refractivity contribution in [2.45, 2.75) is 56.5 Å². The lowest BCUT2D eigenvalue weighted by Gasteiger charge is -2.36. The van der Waals surface area contributed by atoms with E-state index in [4.69, 9.17) is 11.6 Å². The van der Waals surface area contributed by atoms with Crippen LogP contribution in [0.5, 0.6) is 0 Å². The minimum absolute atomic E-state index is 0.0163. The maximum atomic E-state index is 13.8. The maximum Gasteiger partial charge on any atom is 0.404 e. The summed E-state index contributed by atoms with van der Waals surface area (Å²) >= 11 is 5.91. The Hall–Kier alpha value is -1.95. The fraction of sp³-hybridized carbons (Fsp3) is 0.600. The quantitative estimate of drug-likeness (QED) is 0.395. The molecule has 0 aliphatic carbocycles. The van der Waals surface area contributed by atoms with Gasteiger partial charge in [0.1, 0.15) is 11.9 Å². The van der Waals surface area contributed by atoms with Gasteiger partial charge in [-0.25, -0.2) is 9.38 Å². The van der Waals surface area contributed by atoms with Crippen molar-refractivity contribution in [2.75, 3.05) is 26.0 Å². The van der Waals surface area contributed by atoms with Gasteiger partial charge in [0.05, 0.1) is 12.1 Å². The van der Waals surface area contributed by atoms with Crippen molar-refractivity contribution in [3.8, 4) is 0 Å². The van der Waals surface area contributed by atoms with Crippen LogP contribution in [0, 0.1) is 5.82 Å². The second-order valence-corrected chi connectivity index (χ2v) is 8.70. The van der Waals surface area contributed by atoms with Crippen molar-refractivity contribution in [3.63, 3.8) is 0 Å². The Labute approximate surface area is 189 Å². The summed E-state index contributed by atoms with van der Waals surface area (Å²) < 4.78 is 53.2. The number of nitrogens with one attached hydrogen (secondary N) is 2. The number of hydrogen-bond acceptors (Lipinski definition) is 4. The van der Waals surface area contributed by atoms with E-state index in [1.165, 1.54) is 24.1 Å². The zero-order valence-corrected chi connectivity index (χ0v) is 18.7. The highest BCUT2D eigenvalue weighted by molar-refractivity contribution is 6.31. The van der Waals surface area contributed by atoms with Crippen LogP contribution in [-0.2, 0) is 4.79 Å². The number of amides is 1. The molecule has 2 aliphatic rings. The summed E-state index contributed by atoms with van der Waals surface area (Å²) in [6.45, 7) is 1.95. The van der Waals surface area contributed by atoms with Crippen molar-refractivity contribution in [3.05, 3.63) is 34.5 Å². The number of anilines is 1. The van der Waals surface area contributed by atoms with Gasteiger partial charge in [0.25, 0.3) is 0 Å². The van der Waals surface area contributed by atoms with E-state index in [-0.39, 0.29) is 48.0 Å². The summed E-state index contributed by atoms with van der Waals surface area (Å²) in [6.07, 6.45) is -3.72. The largest absolute Gasteiger partial charge is 0.591 e. The lowest BCUT2D eigenvalue weighted by atomic mass is 9.99. The zero-order valence-electron chi connectivity index (χ0n) is 18.0. The van der Waals surface area contributed by atoms with Gasteiger partial charge in [0.2, 0.25) is 11.9 Å². The van der Waals surface area contributed by atoms with E-state index >= 15 is 0 Å². The minimum atomic E-state index is -4.32. The van der Waals surface area contributed by atoms with E-state index in [9.17, 15) is 22.4 Å². The Morgan fingerprint density at radius 3 is 2.53 bits per heavy atom. The molecule has 2 saturated heterocycles. The Morgan fingerprint density at radius 1 is 1.25 bits per heavy atom. The number of carbonyl (C=O) groups is 1. The van der Waals surface area contributed by atoms with Crippen LogP contribution >= 0.6 is 11.6 Å². The number of benzene rings is 1. The Balaban J connectivity index is 1.79. The summed E-state index contributed by atoms with van der Waals surface area (Å²) in [7, 11) is 3.09. The van der Waals surface area contributed by atoms with E-state index in [2.05, 4.69) is 21.1 Å². The molecule has 1 aromatic carbocycles. The highest BCUT2D eigenvalue weighted by atomic mass is 35.5. The highest BCUT2D eigenvalue weighted by Crippen LogP contribution is 2.32. The van der Waals surface area contributed by atoms with Gasteiger partial charge in [-0.2, -0.15) is 13.2 Å². The predicted molar refractivity (Wildman–Crippen MR) is 115 cm³/mol. The van der Waals surface area contributed by atoms with Gasteiger partial charge in [-0.3, -0.25) is 15.0 Å². The number of hydrogen-bond donors (Lipinski definition) is 2. The number of aliphatic imine (C=N–C) groups is 1. The monoisotopic (exact) mass is 477 g/mol. The molecule has 0 bridgehead atoms. The van der Waals surface area contributed by atoms with Gasteiger partial charge < -0.3 is 15.8 Å². The van der Waals surface area contributed by atoms with E-state index < -0.39 is 30.1 Å². The number of likely N-dealkylation sites (N-methyl/N-ethyl adjacent to an activating group) is 2. The zero-order chi connectivity index (χ0) is 23.6. The molecule has 0 saturated carbocycles. The predicted octanol–water partition coefficient (Wildman–Crippen LogP) is 3.77. The number of carbonyl (C=O) groups excluding carboxylic acids is 1. The summed E-state index contributed by atoms with van der Waals surface area (Å²) in [5.74, 6) is -0.931. The molecule has 32 heavy (non-hydrogen) atoms. The summed E-state index contributed by atoms with van der Waals surface area (Å²) in [5, 5.41) is 7.25. The average molecular weight is 478 g/mol. The molecule has 1 amide bonds. The van der Waals surface area contributed by atoms with Gasteiger partial charge in [-0.1, -0.05) is 18.5 Å². The third kappa shape index (κ3) is 6.31. The summed E-state index contributed by atoms with van der Waals surface area (Å²) in [4.78, 5) is 18.5. The molecular formula is C20H26ClF4N6O-. The molecule has 178 valence electrons. The molecule has 2 fully saturated rings. The van der Waals surface area contributed by atoms with Crippen LogP contribution in [-0.4, -0.2) is 72.8 Å². The van der Waals surface area contributed by atoms with Crippen molar-refractivity contribution >= 4 is 29.2 Å². The van der Waals surface area contributed by atoms with Crippen LogP contribution < -0.4 is 10.6 Å². The number of alkyl halides is 3. The molecule has 2 N–H and O–H groups in total. The van der Waals surface area contributed by atoms with E-state index in [0.29, 0.717) is 6.42 Å². The van der Waals surface area contributed by atoms with Crippen LogP contribution in [0.25, 0.3) is 5.43 Å². The Kier molecular flexibility index (Phi) is 7.64. The molecular weight excluding hydrogens is 452 g/mol. The van der Waals surface area contributed by atoms with Crippen LogP contribution in [0.1, 0.15) is 26.2 Å². The third-order valence-corrected chi connectivity index (χ3v) is 5.78. The molecule has 4 unspecified atom stereocenters. The number of likely N-dealkylation sites (tertiary alicyclic amines) is 1. The van der Waals surface area contributed by atoms with Gasteiger partial charge in [0, 0.05) is 17.3 Å². The molecule has 0 radical (unpaired) electrons. The fourth-order valence-corrected chi connectivity index (χ4v) is 4.29. The first-order chi connectivity index (χ1) is 14.9. The molecule has 2 heterocycles. The first-order valence-electron chi connectivity index (χ1n) is 10.2. The number of rotatable bonds is 3. The van der Waals surface area contributed by atoms with E-state index in [0.717, 1.165) is 6.07 Å². The lowest BCUT2D eigenvalue weighted by Crippen LogP contribution is -2.51. The van der Waals surface area contributed by atoms with Gasteiger partial charge in [-0.15, -0.1) is 6.04 Å². The minimum Gasteiger partial charge on any atom is -0.591 e. The van der Waals surface area contributed by atoms with Gasteiger partial charge in [-0.05, 0) is 51.6 Å². The molecule has 7 nitrogen and oxygen atoms in total. The summed E-state index contributed by atoms with van der Waals surface area (Å²) in [5.41, 5.74) is 4.55. The fourth-order valence-electron chi connectivity index (χ4n) is 4.07. The number of guanidine groups is 1. The van der Waals surface area contributed by atoms with Crippen molar-refractivity contribution in [1.82, 2.24) is 15.2 Å². The van der Waals surface area contributed by atoms with Crippen molar-refractivity contribution in [1.29, 1.82) is 0 Å². The molecule has 2 aliphatic heterocycles. The van der Waals surface area contributed by atoms with Crippen LogP contribution in [0.4, 0.5) is 23.2 Å². The molecule has 0 aromatic heterocycles. The SMILES string of the molecule is CC1CC(C(=O)NC(=NC2CCC(C(F)(F)F)N(C)C2)Nc2cc(F)cc(Cl)c2)N(C)[N-]1. The van der Waals surface area contributed by atoms with Crippen LogP contribution in [0.2, 0.25) is 5.02 Å². The molecule has 4 atom stereocenters. The second kappa shape index (κ2) is 9.90. The average Bonchev–Trinajstić information content (AvgIpc) is 2.98. The third-order valence-electron chi connectivity index (χ3n) is 5.56. The molecule has 0 spiro atoms. The van der Waals surface area contributed by atoms with Crippen LogP contribution in [0.3, 0.4) is 0 Å². The molecule has 12 heteroatoms. The van der Waals surface area contributed by atoms with E-state index in [1.54, 1.807) is 12.1 Å². The normalized spacial score (nSPS) is 28.1. The number of piperidine rings is 1.